The highest BCUT2D eigenvalue weighted by atomic mass is 19.1. The highest BCUT2D eigenvalue weighted by Crippen LogP contribution is 2.16. The van der Waals surface area contributed by atoms with Gasteiger partial charge in [0.15, 0.2) is 6.61 Å². The van der Waals surface area contributed by atoms with Crippen molar-refractivity contribution in [3.63, 3.8) is 0 Å². The lowest BCUT2D eigenvalue weighted by atomic mass is 10.2. The van der Waals surface area contributed by atoms with Crippen LogP contribution in [0.5, 0.6) is 5.75 Å². The lowest BCUT2D eigenvalue weighted by molar-refractivity contribution is -0.123. The van der Waals surface area contributed by atoms with Gasteiger partial charge >= 0.3 is 0 Å². The standard InChI is InChI=1S/C16H25FN2O2/c1-5-12(4)19-16(20)10-21-15-7-13(6-14(17)8-15)9-18-11(2)3/h6-8,11-12,18H,5,9-10H2,1-4H3,(H,19,20). The molecule has 0 aliphatic rings. The smallest absolute Gasteiger partial charge is 0.258 e. The van der Waals surface area contributed by atoms with Gasteiger partial charge in [-0.15, -0.1) is 0 Å². The molecule has 1 aromatic rings. The lowest BCUT2D eigenvalue weighted by Gasteiger charge is -2.13. The van der Waals surface area contributed by atoms with Crippen molar-refractivity contribution in [2.45, 2.75) is 52.7 Å². The molecule has 5 heteroatoms. The van der Waals surface area contributed by atoms with Crippen LogP contribution in [0.2, 0.25) is 0 Å². The van der Waals surface area contributed by atoms with E-state index in [0.717, 1.165) is 12.0 Å². The molecule has 1 atom stereocenters. The first-order valence-corrected chi connectivity index (χ1v) is 7.35. The van der Waals surface area contributed by atoms with Gasteiger partial charge in [-0.05, 0) is 31.0 Å². The van der Waals surface area contributed by atoms with Crippen molar-refractivity contribution in [3.05, 3.63) is 29.6 Å². The largest absolute Gasteiger partial charge is 0.484 e. The molecule has 0 aliphatic carbocycles. The molecule has 0 saturated carbocycles. The van der Waals surface area contributed by atoms with Crippen LogP contribution in [0.15, 0.2) is 18.2 Å². The molecular weight excluding hydrogens is 271 g/mol. The summed E-state index contributed by atoms with van der Waals surface area (Å²) in [6.45, 7) is 8.42. The number of amides is 1. The van der Waals surface area contributed by atoms with Crippen molar-refractivity contribution in [2.75, 3.05) is 6.61 Å². The Kier molecular flexibility index (Phi) is 7.15. The fourth-order valence-electron chi connectivity index (χ4n) is 1.70. The number of benzene rings is 1. The SMILES string of the molecule is CCC(C)NC(=O)COc1cc(F)cc(CNC(C)C)c1. The third-order valence-corrected chi connectivity index (χ3v) is 3.04. The molecular formula is C16H25FN2O2. The van der Waals surface area contributed by atoms with E-state index in [9.17, 15) is 9.18 Å². The Morgan fingerprint density at radius 2 is 2.00 bits per heavy atom. The molecule has 0 fully saturated rings. The second kappa shape index (κ2) is 8.62. The highest BCUT2D eigenvalue weighted by Gasteiger charge is 2.08. The first-order chi connectivity index (χ1) is 9.90. The first kappa shape index (κ1) is 17.4. The molecule has 1 aromatic carbocycles. The highest BCUT2D eigenvalue weighted by molar-refractivity contribution is 5.77. The zero-order valence-electron chi connectivity index (χ0n) is 13.2. The molecule has 4 nitrogen and oxygen atoms in total. The zero-order chi connectivity index (χ0) is 15.8. The Labute approximate surface area is 126 Å². The average molecular weight is 296 g/mol. The van der Waals surface area contributed by atoms with Crippen molar-refractivity contribution >= 4 is 5.91 Å². The van der Waals surface area contributed by atoms with E-state index in [1.165, 1.54) is 12.1 Å². The summed E-state index contributed by atoms with van der Waals surface area (Å²) in [7, 11) is 0. The van der Waals surface area contributed by atoms with Crippen LogP contribution in [0.25, 0.3) is 0 Å². The predicted octanol–water partition coefficient (Wildman–Crippen LogP) is 2.62. The number of rotatable bonds is 8. The summed E-state index contributed by atoms with van der Waals surface area (Å²) in [4.78, 5) is 11.6. The van der Waals surface area contributed by atoms with E-state index in [2.05, 4.69) is 10.6 Å². The van der Waals surface area contributed by atoms with E-state index < -0.39 is 0 Å². The van der Waals surface area contributed by atoms with Crippen molar-refractivity contribution in [3.8, 4) is 5.75 Å². The lowest BCUT2D eigenvalue weighted by Crippen LogP contribution is -2.35. The molecule has 0 radical (unpaired) electrons. The van der Waals surface area contributed by atoms with Crippen molar-refractivity contribution in [1.29, 1.82) is 0 Å². The van der Waals surface area contributed by atoms with Gasteiger partial charge in [0.05, 0.1) is 0 Å². The zero-order valence-corrected chi connectivity index (χ0v) is 13.2. The molecule has 0 aromatic heterocycles. The van der Waals surface area contributed by atoms with E-state index in [-0.39, 0.29) is 24.4 Å². The average Bonchev–Trinajstić information content (AvgIpc) is 2.42. The second-order valence-electron chi connectivity index (χ2n) is 5.50. The molecule has 0 saturated heterocycles. The van der Waals surface area contributed by atoms with Gasteiger partial charge in [0.2, 0.25) is 0 Å². The van der Waals surface area contributed by atoms with Crippen LogP contribution in [0.1, 0.15) is 39.7 Å². The number of hydrogen-bond donors (Lipinski definition) is 2. The van der Waals surface area contributed by atoms with Gasteiger partial charge in [-0.25, -0.2) is 4.39 Å². The molecule has 21 heavy (non-hydrogen) atoms. The van der Waals surface area contributed by atoms with Gasteiger partial charge < -0.3 is 15.4 Å². The van der Waals surface area contributed by atoms with E-state index in [4.69, 9.17) is 4.74 Å². The fraction of sp³-hybridized carbons (Fsp3) is 0.562. The Morgan fingerprint density at radius 1 is 1.29 bits per heavy atom. The molecule has 118 valence electrons. The second-order valence-corrected chi connectivity index (χ2v) is 5.50. The van der Waals surface area contributed by atoms with Gasteiger partial charge in [-0.1, -0.05) is 20.8 Å². The number of halogens is 1. The van der Waals surface area contributed by atoms with E-state index in [1.807, 2.05) is 27.7 Å². The minimum absolute atomic E-state index is 0.106. The maximum atomic E-state index is 13.5. The van der Waals surface area contributed by atoms with Gasteiger partial charge in [0.1, 0.15) is 11.6 Å². The molecule has 1 rings (SSSR count). The van der Waals surface area contributed by atoms with Gasteiger partial charge in [0, 0.05) is 24.7 Å². The van der Waals surface area contributed by atoms with Crippen LogP contribution in [-0.4, -0.2) is 24.6 Å². The van der Waals surface area contributed by atoms with Crippen molar-refractivity contribution < 1.29 is 13.9 Å². The quantitative estimate of drug-likeness (QED) is 0.775. The molecule has 0 spiro atoms. The summed E-state index contributed by atoms with van der Waals surface area (Å²) < 4.78 is 18.9. The molecule has 1 unspecified atom stereocenters. The molecule has 0 aliphatic heterocycles. The Bertz CT molecular complexity index is 464. The van der Waals surface area contributed by atoms with E-state index in [1.54, 1.807) is 6.07 Å². The van der Waals surface area contributed by atoms with Crippen molar-refractivity contribution in [2.24, 2.45) is 0 Å². The Hall–Kier alpha value is -1.62. The monoisotopic (exact) mass is 296 g/mol. The first-order valence-electron chi connectivity index (χ1n) is 7.35. The maximum absolute atomic E-state index is 13.5. The summed E-state index contributed by atoms with van der Waals surface area (Å²) >= 11 is 0. The van der Waals surface area contributed by atoms with Crippen molar-refractivity contribution in [1.82, 2.24) is 10.6 Å². The third-order valence-electron chi connectivity index (χ3n) is 3.04. The van der Waals surface area contributed by atoms with Crippen LogP contribution < -0.4 is 15.4 Å². The van der Waals surface area contributed by atoms with Gasteiger partial charge in [-0.3, -0.25) is 4.79 Å². The normalized spacial score (nSPS) is 12.3. The predicted molar refractivity (Wildman–Crippen MR) is 81.8 cm³/mol. The molecule has 0 heterocycles. The third kappa shape index (κ3) is 7.09. The number of nitrogens with one attached hydrogen (secondary N) is 2. The number of hydrogen-bond acceptors (Lipinski definition) is 3. The summed E-state index contributed by atoms with van der Waals surface area (Å²) in [5, 5.41) is 6.01. The van der Waals surface area contributed by atoms with E-state index in [0.29, 0.717) is 18.3 Å². The Morgan fingerprint density at radius 3 is 2.62 bits per heavy atom. The van der Waals surface area contributed by atoms with Crippen LogP contribution in [0.4, 0.5) is 4.39 Å². The summed E-state index contributed by atoms with van der Waals surface area (Å²) in [6, 6.07) is 4.92. The topological polar surface area (TPSA) is 50.4 Å². The number of carbonyl (C=O) groups is 1. The summed E-state index contributed by atoms with van der Waals surface area (Å²) in [6.07, 6.45) is 0.858. The minimum atomic E-state index is -0.365. The van der Waals surface area contributed by atoms with E-state index >= 15 is 0 Å². The van der Waals surface area contributed by atoms with Gasteiger partial charge in [0.25, 0.3) is 5.91 Å². The van der Waals surface area contributed by atoms with Crippen LogP contribution >= 0.6 is 0 Å². The van der Waals surface area contributed by atoms with Gasteiger partial charge in [-0.2, -0.15) is 0 Å². The van der Waals surface area contributed by atoms with Crippen LogP contribution in [0.3, 0.4) is 0 Å². The Balaban J connectivity index is 2.56. The number of carbonyl (C=O) groups excluding carboxylic acids is 1. The molecule has 0 bridgehead atoms. The maximum Gasteiger partial charge on any atom is 0.258 e. The van der Waals surface area contributed by atoms with Crippen LogP contribution in [-0.2, 0) is 11.3 Å². The molecule has 1 amide bonds. The number of ether oxygens (including phenoxy) is 1. The minimum Gasteiger partial charge on any atom is -0.484 e. The molecule has 2 N–H and O–H groups in total. The fourth-order valence-corrected chi connectivity index (χ4v) is 1.70. The summed E-state index contributed by atoms with van der Waals surface area (Å²) in [5.41, 5.74) is 0.793. The van der Waals surface area contributed by atoms with Crippen LogP contribution in [0, 0.1) is 5.82 Å². The summed E-state index contributed by atoms with van der Waals surface area (Å²) in [5.74, 6) is -0.194.